The standard InChI is InChI=1S/C31H39ClN2O5S/c1-40(38)13-3-5-24(35)16-28(36)25-9-6-22(25)17-34-18-31(12-2-4-20-14-23(32)8-10-26(20)31)19-39-29-11-7-21(15-27(29)34)30(37)33-40/h7-8,10-11,14-15,22,24-25,28,35-36H,1-6,9,12-13,16-19H2,(H,33,37,38)/t22-,24+,25+,28-,31-,40?/m0/s1. The van der Waals surface area contributed by atoms with Gasteiger partial charge in [0.2, 0.25) is 0 Å². The van der Waals surface area contributed by atoms with Gasteiger partial charge >= 0.3 is 0 Å². The van der Waals surface area contributed by atoms with Crippen LogP contribution in [0.2, 0.25) is 5.02 Å². The van der Waals surface area contributed by atoms with Crippen LogP contribution < -0.4 is 14.4 Å². The molecule has 3 N–H and O–H groups in total. The lowest BCUT2D eigenvalue weighted by molar-refractivity contribution is -0.0174. The van der Waals surface area contributed by atoms with Crippen LogP contribution in [0.3, 0.4) is 0 Å². The van der Waals surface area contributed by atoms with Crippen molar-refractivity contribution in [2.24, 2.45) is 11.8 Å². The van der Waals surface area contributed by atoms with Crippen molar-refractivity contribution in [2.75, 3.05) is 30.3 Å². The number of anilines is 1. The highest BCUT2D eigenvalue weighted by Gasteiger charge is 2.44. The number of hydrogen-bond donors (Lipinski definition) is 3. The van der Waals surface area contributed by atoms with Crippen molar-refractivity contribution in [1.29, 1.82) is 0 Å². The minimum Gasteiger partial charge on any atom is -0.490 e. The Morgan fingerprint density at radius 3 is 2.77 bits per heavy atom. The minimum absolute atomic E-state index is 0.104. The van der Waals surface area contributed by atoms with E-state index in [0.717, 1.165) is 55.1 Å². The second kappa shape index (κ2) is 10.9. The molecule has 2 aromatic rings. The summed E-state index contributed by atoms with van der Waals surface area (Å²) >= 11 is 6.38. The van der Waals surface area contributed by atoms with Gasteiger partial charge in [-0.05, 0) is 111 Å². The predicted molar refractivity (Wildman–Crippen MR) is 160 cm³/mol. The molecule has 4 aliphatic rings. The number of nitrogens with one attached hydrogen (secondary N) is 1. The molecule has 40 heavy (non-hydrogen) atoms. The first-order valence-electron chi connectivity index (χ1n) is 14.5. The fourth-order valence-corrected chi connectivity index (χ4v) is 8.65. The maximum atomic E-state index is 13.2. The van der Waals surface area contributed by atoms with Crippen LogP contribution in [0.15, 0.2) is 36.4 Å². The number of ether oxygens (including phenoxy) is 1. The van der Waals surface area contributed by atoms with Gasteiger partial charge in [-0.15, -0.1) is 0 Å². The molecule has 2 aromatic carbocycles. The van der Waals surface area contributed by atoms with Gasteiger partial charge in [0.1, 0.15) is 5.75 Å². The first-order chi connectivity index (χ1) is 19.1. The first-order valence-corrected chi connectivity index (χ1v) is 16.7. The fourth-order valence-electron chi connectivity index (χ4n) is 7.27. The summed E-state index contributed by atoms with van der Waals surface area (Å²) in [6, 6.07) is 11.6. The minimum atomic E-state index is -2.88. The normalized spacial score (nSPS) is 34.5. The molecule has 1 spiro atoms. The molecule has 0 saturated heterocycles. The van der Waals surface area contributed by atoms with E-state index >= 15 is 0 Å². The molecule has 7 nitrogen and oxygen atoms in total. The van der Waals surface area contributed by atoms with Gasteiger partial charge in [-0.2, -0.15) is 0 Å². The lowest BCUT2D eigenvalue weighted by atomic mass is 9.68. The summed E-state index contributed by atoms with van der Waals surface area (Å²) in [7, 11) is -2.88. The van der Waals surface area contributed by atoms with Crippen LogP contribution >= 0.6 is 11.6 Å². The third kappa shape index (κ3) is 5.48. The summed E-state index contributed by atoms with van der Waals surface area (Å²) in [6.07, 6.45) is 4.81. The molecule has 2 heterocycles. The van der Waals surface area contributed by atoms with E-state index in [1.807, 2.05) is 18.2 Å². The van der Waals surface area contributed by atoms with E-state index in [0.29, 0.717) is 38.0 Å². The number of aliphatic hydroxyl groups excluding tert-OH is 2. The van der Waals surface area contributed by atoms with E-state index in [1.54, 1.807) is 6.07 Å². The van der Waals surface area contributed by atoms with Crippen LogP contribution in [-0.4, -0.2) is 63.9 Å². The highest BCUT2D eigenvalue weighted by molar-refractivity contribution is 7.99. The molecule has 2 aliphatic carbocycles. The van der Waals surface area contributed by atoms with E-state index < -0.39 is 27.8 Å². The number of hydrogen-bond acceptors (Lipinski definition) is 6. The average Bonchev–Trinajstić information content (AvgIpc) is 3.02. The smallest absolute Gasteiger partial charge is 0.262 e. The van der Waals surface area contributed by atoms with Gasteiger partial charge in [-0.1, -0.05) is 17.7 Å². The number of carbonyl (C=O) groups excluding carboxylic acids is 1. The molecular weight excluding hydrogens is 548 g/mol. The molecule has 0 aromatic heterocycles. The van der Waals surface area contributed by atoms with E-state index in [9.17, 15) is 19.2 Å². The Bertz CT molecular complexity index is 1400. The lowest BCUT2D eigenvalue weighted by Crippen LogP contribution is -2.50. The number of nitrogens with zero attached hydrogens (tertiary/aromatic N) is 1. The Morgan fingerprint density at radius 1 is 1.12 bits per heavy atom. The number of rotatable bonds is 0. The molecule has 216 valence electrons. The van der Waals surface area contributed by atoms with Gasteiger partial charge in [0.05, 0.1) is 24.5 Å². The van der Waals surface area contributed by atoms with Crippen LogP contribution in [-0.2, 0) is 21.5 Å². The molecule has 9 heteroatoms. The number of halogens is 1. The molecule has 1 fully saturated rings. The summed E-state index contributed by atoms with van der Waals surface area (Å²) < 4.78 is 22.2. The summed E-state index contributed by atoms with van der Waals surface area (Å²) in [4.78, 5) is 15.6. The van der Waals surface area contributed by atoms with E-state index in [1.165, 1.54) is 11.1 Å². The van der Waals surface area contributed by atoms with Gasteiger partial charge in [0, 0.05) is 44.6 Å². The molecule has 6 rings (SSSR count). The van der Waals surface area contributed by atoms with E-state index in [4.69, 9.17) is 16.3 Å². The Balaban J connectivity index is 1.40. The SMILES string of the molecule is C=S1(=O)CCC[C@@H](O)C[C@H](O)[C@@H]2CC[C@H]2CN2C[C@@]3(CCCc4cc(Cl)ccc43)COc3ccc(cc32)C(=O)N1. The summed E-state index contributed by atoms with van der Waals surface area (Å²) in [5, 5.41) is 22.4. The lowest BCUT2D eigenvalue weighted by Gasteiger charge is -2.46. The average molecular weight is 587 g/mol. The van der Waals surface area contributed by atoms with Gasteiger partial charge in [-0.3, -0.25) is 9.52 Å². The number of aliphatic hydroxyl groups is 2. The topological polar surface area (TPSA) is 99.1 Å². The number of benzene rings is 2. The second-order valence-electron chi connectivity index (χ2n) is 12.3. The molecule has 0 radical (unpaired) electrons. The van der Waals surface area contributed by atoms with Gasteiger partial charge in [-0.25, -0.2) is 4.21 Å². The third-order valence-electron chi connectivity index (χ3n) is 9.53. The zero-order chi connectivity index (χ0) is 28.1. The molecule has 2 aliphatic heterocycles. The summed E-state index contributed by atoms with van der Waals surface area (Å²) in [6.45, 7) is 1.95. The number of aryl methyl sites for hydroxylation is 1. The largest absolute Gasteiger partial charge is 0.490 e. The molecule has 2 bridgehead atoms. The molecule has 1 saturated carbocycles. The molecular formula is C31H39ClN2O5S. The predicted octanol–water partition coefficient (Wildman–Crippen LogP) is 4.11. The highest BCUT2D eigenvalue weighted by atomic mass is 35.5. The third-order valence-corrected chi connectivity index (χ3v) is 11.3. The van der Waals surface area contributed by atoms with Crippen molar-refractivity contribution >= 4 is 38.8 Å². The van der Waals surface area contributed by atoms with Gasteiger partial charge < -0.3 is 19.8 Å². The number of fused-ring (bicyclic) bond motifs is 4. The maximum absolute atomic E-state index is 13.2. The Hall–Kier alpha value is -2.26. The van der Waals surface area contributed by atoms with Crippen molar-refractivity contribution in [3.05, 3.63) is 58.1 Å². The van der Waals surface area contributed by atoms with Crippen molar-refractivity contribution < 1.29 is 24.0 Å². The van der Waals surface area contributed by atoms with Crippen LogP contribution in [0.5, 0.6) is 5.75 Å². The highest BCUT2D eigenvalue weighted by Crippen LogP contribution is 2.47. The van der Waals surface area contributed by atoms with Crippen molar-refractivity contribution in [1.82, 2.24) is 4.72 Å². The zero-order valence-electron chi connectivity index (χ0n) is 22.8. The van der Waals surface area contributed by atoms with Gasteiger partial charge in [0.25, 0.3) is 5.91 Å². The summed E-state index contributed by atoms with van der Waals surface area (Å²) in [5.41, 5.74) is 3.54. The Labute approximate surface area is 242 Å². The van der Waals surface area contributed by atoms with Crippen molar-refractivity contribution in [3.8, 4) is 5.75 Å². The second-order valence-corrected chi connectivity index (χ2v) is 15.0. The van der Waals surface area contributed by atoms with Crippen molar-refractivity contribution in [2.45, 2.75) is 69.0 Å². The zero-order valence-corrected chi connectivity index (χ0v) is 24.4. The molecule has 1 unspecified atom stereocenters. The first kappa shape index (κ1) is 27.9. The molecule has 6 atom stereocenters. The monoisotopic (exact) mass is 586 g/mol. The number of amides is 1. The van der Waals surface area contributed by atoms with Gasteiger partial charge in [0.15, 0.2) is 0 Å². The van der Waals surface area contributed by atoms with Crippen LogP contribution in [0, 0.1) is 11.8 Å². The molecule has 1 amide bonds. The Kier molecular flexibility index (Phi) is 7.57. The van der Waals surface area contributed by atoms with Crippen molar-refractivity contribution in [3.63, 3.8) is 0 Å². The van der Waals surface area contributed by atoms with E-state index in [2.05, 4.69) is 27.6 Å². The van der Waals surface area contributed by atoms with E-state index in [-0.39, 0.29) is 23.0 Å². The summed E-state index contributed by atoms with van der Waals surface area (Å²) in [5.74, 6) is 4.61. The van der Waals surface area contributed by atoms with Crippen LogP contribution in [0.1, 0.15) is 66.4 Å². The van der Waals surface area contributed by atoms with Crippen LogP contribution in [0.25, 0.3) is 0 Å². The van der Waals surface area contributed by atoms with Crippen LogP contribution in [0.4, 0.5) is 5.69 Å². The number of carbonyl (C=O) groups is 1. The fraction of sp³-hybridized carbons (Fsp3) is 0.548. The maximum Gasteiger partial charge on any atom is 0.262 e. The Morgan fingerprint density at radius 2 is 1.98 bits per heavy atom. The quantitative estimate of drug-likeness (QED) is 0.402.